The number of nitrogens with two attached hydrogens (primary N) is 1. The van der Waals surface area contributed by atoms with Gasteiger partial charge in [-0.1, -0.05) is 30.3 Å². The number of hydrogen-bond donors (Lipinski definition) is 2. The minimum atomic E-state index is -1.00. The maximum atomic E-state index is 12.3. The van der Waals surface area contributed by atoms with Crippen LogP contribution in [0.5, 0.6) is 0 Å². The molecule has 2 atom stereocenters. The lowest BCUT2D eigenvalue weighted by atomic mass is 10.1. The van der Waals surface area contributed by atoms with E-state index in [4.69, 9.17) is 10.8 Å². The van der Waals surface area contributed by atoms with Gasteiger partial charge in [-0.2, -0.15) is 0 Å². The van der Waals surface area contributed by atoms with Crippen molar-refractivity contribution in [1.29, 1.82) is 0 Å². The van der Waals surface area contributed by atoms with Crippen molar-refractivity contribution in [3.63, 3.8) is 0 Å². The molecule has 0 bridgehead atoms. The lowest BCUT2D eigenvalue weighted by Gasteiger charge is -2.28. The molecule has 0 spiro atoms. The molecule has 0 aliphatic carbocycles. The molecule has 0 fully saturated rings. The Hall–Kier alpha value is -2.21. The number of benzene rings is 1. The van der Waals surface area contributed by atoms with Crippen LogP contribution in [0.15, 0.2) is 30.3 Å². The molecule has 0 heterocycles. The van der Waals surface area contributed by atoms with Gasteiger partial charge in [-0.3, -0.25) is 9.59 Å². The van der Waals surface area contributed by atoms with Crippen molar-refractivity contribution in [2.45, 2.75) is 38.4 Å². The van der Waals surface area contributed by atoms with Crippen LogP contribution in [0.3, 0.4) is 0 Å². The second kappa shape index (κ2) is 8.16. The number of aliphatic carboxylic acids is 1. The van der Waals surface area contributed by atoms with Crippen LogP contribution >= 0.6 is 0 Å². The van der Waals surface area contributed by atoms with Gasteiger partial charge in [0.25, 0.3) is 0 Å². The minimum absolute atomic E-state index is 0.0467. The molecule has 0 saturated carbocycles. The van der Waals surface area contributed by atoms with E-state index in [2.05, 4.69) is 0 Å². The summed E-state index contributed by atoms with van der Waals surface area (Å²) in [6.45, 7) is 1.87. The average molecular weight is 292 g/mol. The third-order valence-corrected chi connectivity index (χ3v) is 3.15. The van der Waals surface area contributed by atoms with Gasteiger partial charge in [-0.05, 0) is 18.9 Å². The lowest BCUT2D eigenvalue weighted by molar-refractivity contribution is -0.139. The van der Waals surface area contributed by atoms with Crippen molar-refractivity contribution >= 4 is 18.2 Å². The summed E-state index contributed by atoms with van der Waals surface area (Å²) in [7, 11) is 0. The molecule has 1 rings (SSSR count). The van der Waals surface area contributed by atoms with Gasteiger partial charge in [-0.15, -0.1) is 0 Å². The van der Waals surface area contributed by atoms with E-state index in [9.17, 15) is 14.4 Å². The highest BCUT2D eigenvalue weighted by Crippen LogP contribution is 2.10. The second-order valence-electron chi connectivity index (χ2n) is 4.87. The summed E-state index contributed by atoms with van der Waals surface area (Å²) in [5.41, 5.74) is 6.62. The monoisotopic (exact) mass is 292 g/mol. The summed E-state index contributed by atoms with van der Waals surface area (Å²) in [4.78, 5) is 35.2. The number of carbonyl (C=O) groups excluding carboxylic acids is 2. The van der Waals surface area contributed by atoms with Crippen molar-refractivity contribution < 1.29 is 19.5 Å². The van der Waals surface area contributed by atoms with E-state index in [-0.39, 0.29) is 19.4 Å². The summed E-state index contributed by atoms with van der Waals surface area (Å²) < 4.78 is 0. The van der Waals surface area contributed by atoms with Gasteiger partial charge >= 0.3 is 5.97 Å². The van der Waals surface area contributed by atoms with Crippen molar-refractivity contribution in [3.8, 4) is 0 Å². The summed E-state index contributed by atoms with van der Waals surface area (Å²) in [6, 6.07) is 7.70. The number of hydrogen-bond acceptors (Lipinski definition) is 4. The first-order valence-electron chi connectivity index (χ1n) is 6.72. The van der Waals surface area contributed by atoms with Crippen molar-refractivity contribution in [2.75, 3.05) is 0 Å². The van der Waals surface area contributed by atoms with Gasteiger partial charge in [0.1, 0.15) is 6.29 Å². The van der Waals surface area contributed by atoms with E-state index < -0.39 is 24.0 Å². The maximum Gasteiger partial charge on any atom is 0.303 e. The third kappa shape index (κ3) is 5.35. The number of rotatable bonds is 8. The van der Waals surface area contributed by atoms with E-state index in [1.807, 2.05) is 30.3 Å². The number of aldehydes is 1. The summed E-state index contributed by atoms with van der Waals surface area (Å²) in [5.74, 6) is -1.42. The number of amides is 1. The van der Waals surface area contributed by atoms with Crippen LogP contribution in [0.25, 0.3) is 0 Å². The first-order valence-corrected chi connectivity index (χ1v) is 6.72. The second-order valence-corrected chi connectivity index (χ2v) is 4.87. The summed E-state index contributed by atoms with van der Waals surface area (Å²) in [5, 5.41) is 8.64. The molecular formula is C15H20N2O4. The number of nitrogens with zero attached hydrogens (tertiary/aromatic N) is 1. The molecule has 1 aromatic carbocycles. The highest BCUT2D eigenvalue weighted by atomic mass is 16.4. The minimum Gasteiger partial charge on any atom is -0.481 e. The average Bonchev–Trinajstić information content (AvgIpc) is 2.49. The van der Waals surface area contributed by atoms with Crippen LogP contribution in [0.2, 0.25) is 0 Å². The Kier molecular flexibility index (Phi) is 6.55. The van der Waals surface area contributed by atoms with Crippen LogP contribution in [-0.4, -0.2) is 40.3 Å². The Morgan fingerprint density at radius 1 is 1.33 bits per heavy atom. The van der Waals surface area contributed by atoms with Gasteiger partial charge in [0.15, 0.2) is 0 Å². The molecule has 0 aromatic heterocycles. The lowest BCUT2D eigenvalue weighted by Crippen LogP contribution is -2.48. The fraction of sp³-hybridized carbons (Fsp3) is 0.400. The largest absolute Gasteiger partial charge is 0.481 e. The van der Waals surface area contributed by atoms with Gasteiger partial charge in [0.2, 0.25) is 5.91 Å². The van der Waals surface area contributed by atoms with Gasteiger partial charge in [0, 0.05) is 13.0 Å². The zero-order valence-corrected chi connectivity index (χ0v) is 11.9. The van der Waals surface area contributed by atoms with E-state index >= 15 is 0 Å². The molecule has 1 aromatic rings. The van der Waals surface area contributed by atoms with Crippen molar-refractivity contribution in [3.05, 3.63) is 35.9 Å². The van der Waals surface area contributed by atoms with Gasteiger partial charge in [-0.25, -0.2) is 0 Å². The quantitative estimate of drug-likeness (QED) is 0.690. The Balaban J connectivity index is 2.79. The summed E-state index contributed by atoms with van der Waals surface area (Å²) >= 11 is 0. The molecule has 6 nitrogen and oxygen atoms in total. The van der Waals surface area contributed by atoms with Crippen LogP contribution in [0.1, 0.15) is 25.3 Å². The van der Waals surface area contributed by atoms with Crippen molar-refractivity contribution in [2.24, 2.45) is 5.73 Å². The van der Waals surface area contributed by atoms with Crippen LogP contribution in [-0.2, 0) is 20.9 Å². The smallest absolute Gasteiger partial charge is 0.303 e. The van der Waals surface area contributed by atoms with Crippen LogP contribution in [0.4, 0.5) is 0 Å². The normalized spacial score (nSPS) is 13.2. The fourth-order valence-corrected chi connectivity index (χ4v) is 1.89. The van der Waals surface area contributed by atoms with E-state index in [1.165, 1.54) is 4.90 Å². The SMILES string of the molecule is C[C@@H](C=O)N(Cc1ccccc1)C(=O)[C@@H](N)CCC(=O)O. The molecule has 0 saturated heterocycles. The number of carbonyl (C=O) groups is 3. The summed E-state index contributed by atoms with van der Waals surface area (Å²) in [6.07, 6.45) is 0.539. The highest BCUT2D eigenvalue weighted by Gasteiger charge is 2.25. The standard InChI is InChI=1S/C15H20N2O4/c1-11(10-18)17(9-12-5-3-2-4-6-12)15(21)13(16)7-8-14(19)20/h2-6,10-11,13H,7-9,16H2,1H3,(H,19,20)/t11-,13-/m0/s1. The molecule has 1 amide bonds. The molecule has 0 aliphatic heterocycles. The number of carboxylic acids is 1. The predicted molar refractivity (Wildman–Crippen MR) is 77.4 cm³/mol. The Labute approximate surface area is 123 Å². The molecule has 0 aliphatic rings. The maximum absolute atomic E-state index is 12.3. The first-order chi connectivity index (χ1) is 9.95. The number of carboxylic acid groups (broad SMARTS) is 1. The first kappa shape index (κ1) is 16.8. The molecule has 0 radical (unpaired) electrons. The highest BCUT2D eigenvalue weighted by molar-refractivity contribution is 5.84. The molecule has 0 unspecified atom stereocenters. The van der Waals surface area contributed by atoms with E-state index in [0.717, 1.165) is 5.56 Å². The zero-order chi connectivity index (χ0) is 15.8. The van der Waals surface area contributed by atoms with E-state index in [1.54, 1.807) is 6.92 Å². The molecule has 21 heavy (non-hydrogen) atoms. The van der Waals surface area contributed by atoms with Crippen molar-refractivity contribution in [1.82, 2.24) is 4.90 Å². The zero-order valence-electron chi connectivity index (χ0n) is 11.9. The third-order valence-electron chi connectivity index (χ3n) is 3.15. The Bertz CT molecular complexity index is 490. The van der Waals surface area contributed by atoms with E-state index in [0.29, 0.717) is 6.29 Å². The molecule has 114 valence electrons. The van der Waals surface area contributed by atoms with Gasteiger partial charge in [0.05, 0.1) is 12.1 Å². The Morgan fingerprint density at radius 2 is 1.95 bits per heavy atom. The topological polar surface area (TPSA) is 101 Å². The Morgan fingerprint density at radius 3 is 2.48 bits per heavy atom. The molecule has 6 heteroatoms. The van der Waals surface area contributed by atoms with Crippen LogP contribution < -0.4 is 5.73 Å². The molecule has 3 N–H and O–H groups in total. The predicted octanol–water partition coefficient (Wildman–Crippen LogP) is 0.795. The fourth-order valence-electron chi connectivity index (χ4n) is 1.89. The molecular weight excluding hydrogens is 272 g/mol. The van der Waals surface area contributed by atoms with Crippen LogP contribution in [0, 0.1) is 0 Å². The van der Waals surface area contributed by atoms with Gasteiger partial charge < -0.3 is 20.5 Å².